The van der Waals surface area contributed by atoms with Gasteiger partial charge in [-0.1, -0.05) is 19.4 Å². The van der Waals surface area contributed by atoms with Crippen LogP contribution in [0.5, 0.6) is 0 Å². The fourth-order valence-electron chi connectivity index (χ4n) is 2.16. The molecule has 76 valence electrons. The molecule has 14 heavy (non-hydrogen) atoms. The summed E-state index contributed by atoms with van der Waals surface area (Å²) in [5.41, 5.74) is 3.08. The molecule has 0 spiro atoms. The Bertz CT molecular complexity index is 322. The van der Waals surface area contributed by atoms with Gasteiger partial charge >= 0.3 is 0 Å². The number of nitrogens with one attached hydrogen (secondary N) is 1. The van der Waals surface area contributed by atoms with Crippen LogP contribution in [0.15, 0.2) is 18.2 Å². The molecule has 0 fully saturated rings. The van der Waals surface area contributed by atoms with Crippen molar-refractivity contribution in [1.82, 2.24) is 5.32 Å². The maximum Gasteiger partial charge on any atom is 0.0323 e. The zero-order valence-corrected chi connectivity index (χ0v) is 10.7. The summed E-state index contributed by atoms with van der Waals surface area (Å²) >= 11 is 2.40. The summed E-state index contributed by atoms with van der Waals surface area (Å²) < 4.78 is 1.35. The van der Waals surface area contributed by atoms with Crippen molar-refractivity contribution in [3.63, 3.8) is 0 Å². The van der Waals surface area contributed by atoms with E-state index in [0.717, 1.165) is 6.54 Å². The Morgan fingerprint density at radius 3 is 3.14 bits per heavy atom. The topological polar surface area (TPSA) is 12.0 Å². The minimum atomic E-state index is 0.596. The maximum atomic E-state index is 3.60. The van der Waals surface area contributed by atoms with Crippen LogP contribution in [0.2, 0.25) is 0 Å². The van der Waals surface area contributed by atoms with Gasteiger partial charge in [-0.2, -0.15) is 0 Å². The summed E-state index contributed by atoms with van der Waals surface area (Å²) in [6.45, 7) is 3.39. The molecule has 0 amide bonds. The highest BCUT2D eigenvalue weighted by molar-refractivity contribution is 14.1. The third-order valence-electron chi connectivity index (χ3n) is 2.85. The Morgan fingerprint density at radius 2 is 2.36 bits per heavy atom. The zero-order valence-electron chi connectivity index (χ0n) is 8.52. The lowest BCUT2D eigenvalue weighted by Crippen LogP contribution is -2.29. The summed E-state index contributed by atoms with van der Waals surface area (Å²) in [6.07, 6.45) is 3.70. The van der Waals surface area contributed by atoms with Gasteiger partial charge in [-0.25, -0.2) is 0 Å². The van der Waals surface area contributed by atoms with Gasteiger partial charge in [0.05, 0.1) is 0 Å². The second-order valence-corrected chi connectivity index (χ2v) is 5.13. The molecule has 0 bridgehead atoms. The number of fused-ring (bicyclic) bond motifs is 1. The normalized spacial score (nSPS) is 20.6. The smallest absolute Gasteiger partial charge is 0.0323 e. The van der Waals surface area contributed by atoms with E-state index < -0.39 is 0 Å². The molecule has 1 unspecified atom stereocenters. The van der Waals surface area contributed by atoms with Crippen molar-refractivity contribution in [3.8, 4) is 0 Å². The number of rotatable bonds is 2. The first-order chi connectivity index (χ1) is 6.81. The predicted molar refractivity (Wildman–Crippen MR) is 68.5 cm³/mol. The zero-order chi connectivity index (χ0) is 9.97. The van der Waals surface area contributed by atoms with Crippen LogP contribution in [0, 0.1) is 3.57 Å². The molecule has 0 aliphatic carbocycles. The predicted octanol–water partition coefficient (Wildman–Crippen LogP) is 3.28. The first-order valence-electron chi connectivity index (χ1n) is 5.33. The van der Waals surface area contributed by atoms with E-state index in [4.69, 9.17) is 0 Å². The molecule has 2 heteroatoms. The van der Waals surface area contributed by atoms with Crippen molar-refractivity contribution < 1.29 is 0 Å². The third kappa shape index (κ3) is 2.11. The number of benzene rings is 1. The SMILES string of the molecule is CCCC1NCCc2ccc(I)cc21. The monoisotopic (exact) mass is 301 g/mol. The van der Waals surface area contributed by atoms with E-state index in [1.807, 2.05) is 0 Å². The van der Waals surface area contributed by atoms with Crippen LogP contribution in [0.1, 0.15) is 36.9 Å². The van der Waals surface area contributed by atoms with Crippen molar-refractivity contribution in [2.75, 3.05) is 6.54 Å². The van der Waals surface area contributed by atoms with Crippen LogP contribution in [0.3, 0.4) is 0 Å². The Kier molecular flexibility index (Phi) is 3.44. The molecule has 0 aromatic heterocycles. The third-order valence-corrected chi connectivity index (χ3v) is 3.52. The molecular formula is C12H16IN. The quantitative estimate of drug-likeness (QED) is 0.827. The maximum absolute atomic E-state index is 3.60. The minimum Gasteiger partial charge on any atom is -0.310 e. The van der Waals surface area contributed by atoms with Gasteiger partial charge in [0.1, 0.15) is 0 Å². The van der Waals surface area contributed by atoms with Crippen molar-refractivity contribution >= 4 is 22.6 Å². The fraction of sp³-hybridized carbons (Fsp3) is 0.500. The van der Waals surface area contributed by atoms with Crippen LogP contribution in [0.25, 0.3) is 0 Å². The average molecular weight is 301 g/mol. The van der Waals surface area contributed by atoms with Crippen LogP contribution in [0.4, 0.5) is 0 Å². The van der Waals surface area contributed by atoms with Crippen LogP contribution in [-0.2, 0) is 6.42 Å². The molecule has 0 saturated carbocycles. The Morgan fingerprint density at radius 1 is 1.50 bits per heavy atom. The van der Waals surface area contributed by atoms with E-state index in [-0.39, 0.29) is 0 Å². The van der Waals surface area contributed by atoms with Crippen LogP contribution >= 0.6 is 22.6 Å². The summed E-state index contributed by atoms with van der Waals surface area (Å²) in [6, 6.07) is 7.44. The van der Waals surface area contributed by atoms with Gasteiger partial charge in [-0.3, -0.25) is 0 Å². The summed E-state index contributed by atoms with van der Waals surface area (Å²) in [7, 11) is 0. The lowest BCUT2D eigenvalue weighted by molar-refractivity contribution is 0.471. The molecular weight excluding hydrogens is 285 g/mol. The molecule has 1 nitrogen and oxygen atoms in total. The second kappa shape index (κ2) is 4.62. The molecule has 2 rings (SSSR count). The number of halogens is 1. The van der Waals surface area contributed by atoms with Gasteiger partial charge in [0.15, 0.2) is 0 Å². The van der Waals surface area contributed by atoms with Gasteiger partial charge in [0, 0.05) is 9.61 Å². The molecule has 0 radical (unpaired) electrons. The molecule has 1 aliphatic heterocycles. The first kappa shape index (κ1) is 10.4. The van der Waals surface area contributed by atoms with E-state index >= 15 is 0 Å². The second-order valence-electron chi connectivity index (χ2n) is 3.89. The van der Waals surface area contributed by atoms with E-state index in [9.17, 15) is 0 Å². The average Bonchev–Trinajstić information content (AvgIpc) is 2.19. The Labute approximate surface area is 99.4 Å². The van der Waals surface area contributed by atoms with Gasteiger partial charge in [0.2, 0.25) is 0 Å². The van der Waals surface area contributed by atoms with E-state index in [2.05, 4.69) is 53.0 Å². The highest BCUT2D eigenvalue weighted by atomic mass is 127. The standard InChI is InChI=1S/C12H16IN/c1-2-3-12-11-8-10(13)5-4-9(11)6-7-14-12/h4-5,8,12,14H,2-3,6-7H2,1H3. The molecule has 1 aromatic carbocycles. The van der Waals surface area contributed by atoms with E-state index in [1.165, 1.54) is 28.4 Å². The molecule has 1 N–H and O–H groups in total. The lowest BCUT2D eigenvalue weighted by Gasteiger charge is -2.26. The van der Waals surface area contributed by atoms with Crippen molar-refractivity contribution in [1.29, 1.82) is 0 Å². The van der Waals surface area contributed by atoms with Gasteiger partial charge in [-0.15, -0.1) is 0 Å². The summed E-state index contributed by atoms with van der Waals surface area (Å²) in [5, 5.41) is 3.60. The summed E-state index contributed by atoms with van der Waals surface area (Å²) in [4.78, 5) is 0. The molecule has 1 atom stereocenters. The largest absolute Gasteiger partial charge is 0.310 e. The van der Waals surface area contributed by atoms with Crippen molar-refractivity contribution in [3.05, 3.63) is 32.9 Å². The lowest BCUT2D eigenvalue weighted by atomic mass is 9.92. The number of hydrogen-bond donors (Lipinski definition) is 1. The molecule has 1 aromatic rings. The van der Waals surface area contributed by atoms with Crippen LogP contribution in [-0.4, -0.2) is 6.54 Å². The number of hydrogen-bond acceptors (Lipinski definition) is 1. The minimum absolute atomic E-state index is 0.596. The van der Waals surface area contributed by atoms with E-state index in [1.54, 1.807) is 5.56 Å². The molecule has 1 heterocycles. The Balaban J connectivity index is 2.32. The van der Waals surface area contributed by atoms with E-state index in [0.29, 0.717) is 6.04 Å². The van der Waals surface area contributed by atoms with Gasteiger partial charge in [-0.05, 0) is 65.2 Å². The highest BCUT2D eigenvalue weighted by Gasteiger charge is 2.18. The molecule has 0 saturated heterocycles. The van der Waals surface area contributed by atoms with Gasteiger partial charge < -0.3 is 5.32 Å². The van der Waals surface area contributed by atoms with Crippen molar-refractivity contribution in [2.45, 2.75) is 32.2 Å². The van der Waals surface area contributed by atoms with Crippen LogP contribution < -0.4 is 5.32 Å². The first-order valence-corrected chi connectivity index (χ1v) is 6.41. The Hall–Kier alpha value is -0.0900. The van der Waals surface area contributed by atoms with Crippen molar-refractivity contribution in [2.24, 2.45) is 0 Å². The van der Waals surface area contributed by atoms with Gasteiger partial charge in [0.25, 0.3) is 0 Å². The molecule has 1 aliphatic rings. The summed E-state index contributed by atoms with van der Waals surface area (Å²) in [5.74, 6) is 0. The highest BCUT2D eigenvalue weighted by Crippen LogP contribution is 2.27. The fourth-order valence-corrected chi connectivity index (χ4v) is 2.67.